The molecule has 0 aliphatic carbocycles. The molecule has 0 aliphatic rings. The number of rotatable bonds is 6. The summed E-state index contributed by atoms with van der Waals surface area (Å²) in [6, 6.07) is 0. The van der Waals surface area contributed by atoms with Gasteiger partial charge in [-0.15, -0.1) is 0 Å². The normalized spacial score (nSPS) is 10.8. The van der Waals surface area contributed by atoms with E-state index in [0.29, 0.717) is 0 Å². The molecule has 7 heteroatoms. The first-order valence-electron chi connectivity index (χ1n) is 7.84. The molecule has 2 aromatic heterocycles. The van der Waals surface area contributed by atoms with Crippen LogP contribution in [0, 0.1) is 20.8 Å². The van der Waals surface area contributed by atoms with Gasteiger partial charge in [-0.2, -0.15) is 5.10 Å². The second kappa shape index (κ2) is 7.21. The number of aromatic nitrogens is 4. The molecule has 0 aromatic carbocycles. The van der Waals surface area contributed by atoms with E-state index in [0.717, 1.165) is 47.7 Å². The zero-order valence-corrected chi connectivity index (χ0v) is 14.2. The Hall–Kier alpha value is -2.44. The molecule has 0 unspecified atom stereocenters. The third kappa shape index (κ3) is 4.06. The van der Waals surface area contributed by atoms with Crippen LogP contribution in [-0.4, -0.2) is 25.7 Å². The van der Waals surface area contributed by atoms with Crippen molar-refractivity contribution in [2.24, 2.45) is 0 Å². The average molecular weight is 316 g/mol. The summed E-state index contributed by atoms with van der Waals surface area (Å²) < 4.78 is 1.84. The van der Waals surface area contributed by atoms with Gasteiger partial charge >= 0.3 is 0 Å². The molecule has 2 rings (SSSR count). The molecule has 3 N–H and O–H groups in total. The maximum atomic E-state index is 12.4. The minimum atomic E-state index is -0.106. The van der Waals surface area contributed by atoms with Gasteiger partial charge < -0.3 is 11.1 Å². The van der Waals surface area contributed by atoms with Crippen LogP contribution in [0.4, 0.5) is 11.8 Å². The Bertz CT molecular complexity index is 684. The zero-order chi connectivity index (χ0) is 17.0. The standard InChI is InChI=1S/C16H24N6O/c1-5-6-7-22-15(10(2)9-18-22)21-14(23)8-13-11(3)19-16(17)20-12(13)4/h9H,5-8H2,1-4H3,(H,21,23)(H2,17,19,20). The lowest BCUT2D eigenvalue weighted by atomic mass is 10.1. The lowest BCUT2D eigenvalue weighted by molar-refractivity contribution is -0.115. The van der Waals surface area contributed by atoms with E-state index in [9.17, 15) is 4.79 Å². The Morgan fingerprint density at radius 2 is 1.91 bits per heavy atom. The number of unbranched alkanes of at least 4 members (excludes halogenated alkanes) is 1. The van der Waals surface area contributed by atoms with Crippen LogP contribution in [-0.2, 0) is 17.8 Å². The number of hydrogen-bond donors (Lipinski definition) is 2. The molecule has 1 amide bonds. The van der Waals surface area contributed by atoms with E-state index >= 15 is 0 Å². The number of aryl methyl sites for hydroxylation is 4. The summed E-state index contributed by atoms with van der Waals surface area (Å²) in [4.78, 5) is 20.7. The molecular formula is C16H24N6O. The first-order valence-corrected chi connectivity index (χ1v) is 7.84. The van der Waals surface area contributed by atoms with E-state index in [4.69, 9.17) is 5.73 Å². The monoisotopic (exact) mass is 316 g/mol. The lowest BCUT2D eigenvalue weighted by Crippen LogP contribution is -2.20. The predicted molar refractivity (Wildman–Crippen MR) is 90.1 cm³/mol. The van der Waals surface area contributed by atoms with Crippen LogP contribution in [0.25, 0.3) is 0 Å². The highest BCUT2D eigenvalue weighted by Gasteiger charge is 2.15. The lowest BCUT2D eigenvalue weighted by Gasteiger charge is -2.12. The zero-order valence-electron chi connectivity index (χ0n) is 14.2. The second-order valence-electron chi connectivity index (χ2n) is 5.71. The summed E-state index contributed by atoms with van der Waals surface area (Å²) in [5.74, 6) is 0.888. The van der Waals surface area contributed by atoms with E-state index < -0.39 is 0 Å². The molecule has 0 radical (unpaired) electrons. The summed E-state index contributed by atoms with van der Waals surface area (Å²) in [7, 11) is 0. The van der Waals surface area contributed by atoms with Gasteiger partial charge in [0.15, 0.2) is 0 Å². The fourth-order valence-electron chi connectivity index (χ4n) is 2.48. The maximum absolute atomic E-state index is 12.4. The van der Waals surface area contributed by atoms with Crippen molar-refractivity contribution in [3.8, 4) is 0 Å². The summed E-state index contributed by atoms with van der Waals surface area (Å²) in [6.07, 6.45) is 4.09. The quantitative estimate of drug-likeness (QED) is 0.851. The number of nitrogen functional groups attached to an aromatic ring is 1. The number of amides is 1. The average Bonchev–Trinajstić information content (AvgIpc) is 2.81. The molecule has 0 spiro atoms. The number of anilines is 2. The van der Waals surface area contributed by atoms with E-state index in [1.54, 1.807) is 6.20 Å². The fourth-order valence-corrected chi connectivity index (χ4v) is 2.48. The summed E-state index contributed by atoms with van der Waals surface area (Å²) in [5.41, 5.74) is 8.86. The second-order valence-corrected chi connectivity index (χ2v) is 5.71. The van der Waals surface area contributed by atoms with Crippen LogP contribution in [0.1, 0.15) is 42.3 Å². The smallest absolute Gasteiger partial charge is 0.230 e. The molecular weight excluding hydrogens is 292 g/mol. The molecule has 124 valence electrons. The minimum Gasteiger partial charge on any atom is -0.368 e. The Balaban J connectivity index is 2.13. The SMILES string of the molecule is CCCCn1ncc(C)c1NC(=O)Cc1c(C)nc(N)nc1C. The van der Waals surface area contributed by atoms with Crippen molar-refractivity contribution >= 4 is 17.7 Å². The topological polar surface area (TPSA) is 98.7 Å². The first kappa shape index (κ1) is 16.9. The minimum absolute atomic E-state index is 0.106. The van der Waals surface area contributed by atoms with Crippen LogP contribution < -0.4 is 11.1 Å². The van der Waals surface area contributed by atoms with Crippen molar-refractivity contribution < 1.29 is 4.79 Å². The molecule has 2 heterocycles. The van der Waals surface area contributed by atoms with Gasteiger partial charge in [0.05, 0.1) is 12.6 Å². The van der Waals surface area contributed by atoms with E-state index in [2.05, 4.69) is 27.3 Å². The van der Waals surface area contributed by atoms with Gasteiger partial charge in [0.2, 0.25) is 11.9 Å². The van der Waals surface area contributed by atoms with Gasteiger partial charge in [-0.1, -0.05) is 13.3 Å². The highest BCUT2D eigenvalue weighted by Crippen LogP contribution is 2.17. The van der Waals surface area contributed by atoms with Crippen LogP contribution in [0.2, 0.25) is 0 Å². The largest absolute Gasteiger partial charge is 0.368 e. The van der Waals surface area contributed by atoms with E-state index in [1.807, 2.05) is 25.5 Å². The van der Waals surface area contributed by atoms with Gasteiger partial charge in [-0.25, -0.2) is 14.6 Å². The summed E-state index contributed by atoms with van der Waals surface area (Å²) >= 11 is 0. The number of nitrogens with one attached hydrogen (secondary N) is 1. The molecule has 0 fully saturated rings. The van der Waals surface area contributed by atoms with Crippen molar-refractivity contribution in [1.29, 1.82) is 0 Å². The number of carbonyl (C=O) groups is 1. The fraction of sp³-hybridized carbons (Fsp3) is 0.500. The molecule has 23 heavy (non-hydrogen) atoms. The molecule has 0 saturated heterocycles. The van der Waals surface area contributed by atoms with Crippen molar-refractivity contribution in [1.82, 2.24) is 19.7 Å². The molecule has 0 atom stereocenters. The van der Waals surface area contributed by atoms with Gasteiger partial charge in [-0.3, -0.25) is 4.79 Å². The molecule has 2 aromatic rings. The number of hydrogen-bond acceptors (Lipinski definition) is 5. The Labute approximate surface area is 136 Å². The third-order valence-electron chi connectivity index (χ3n) is 3.78. The Morgan fingerprint density at radius 1 is 1.26 bits per heavy atom. The van der Waals surface area contributed by atoms with Gasteiger partial charge in [0, 0.05) is 29.1 Å². The Morgan fingerprint density at radius 3 is 2.52 bits per heavy atom. The summed E-state index contributed by atoms with van der Waals surface area (Å²) in [5, 5.41) is 7.28. The Kier molecular flexibility index (Phi) is 5.31. The maximum Gasteiger partial charge on any atom is 0.230 e. The first-order chi connectivity index (χ1) is 10.9. The van der Waals surface area contributed by atoms with E-state index in [1.165, 1.54) is 0 Å². The van der Waals surface area contributed by atoms with Crippen LogP contribution >= 0.6 is 0 Å². The van der Waals surface area contributed by atoms with Gasteiger partial charge in [0.25, 0.3) is 0 Å². The van der Waals surface area contributed by atoms with Crippen LogP contribution in [0.3, 0.4) is 0 Å². The van der Waals surface area contributed by atoms with Crippen molar-refractivity contribution in [2.45, 2.75) is 53.5 Å². The van der Waals surface area contributed by atoms with E-state index in [-0.39, 0.29) is 18.3 Å². The van der Waals surface area contributed by atoms with Crippen LogP contribution in [0.5, 0.6) is 0 Å². The number of carbonyl (C=O) groups excluding carboxylic acids is 1. The predicted octanol–water partition coefficient (Wildman–Crippen LogP) is 2.16. The molecule has 0 aliphatic heterocycles. The highest BCUT2D eigenvalue weighted by molar-refractivity contribution is 5.92. The molecule has 0 bridgehead atoms. The highest BCUT2D eigenvalue weighted by atomic mass is 16.1. The van der Waals surface area contributed by atoms with Gasteiger partial charge in [0.1, 0.15) is 5.82 Å². The van der Waals surface area contributed by atoms with Gasteiger partial charge in [-0.05, 0) is 27.2 Å². The summed E-state index contributed by atoms with van der Waals surface area (Å²) in [6.45, 7) is 8.53. The number of nitrogens with two attached hydrogens (primary N) is 1. The number of nitrogens with zero attached hydrogens (tertiary/aromatic N) is 4. The molecule has 0 saturated carbocycles. The van der Waals surface area contributed by atoms with Crippen molar-refractivity contribution in [2.75, 3.05) is 11.1 Å². The van der Waals surface area contributed by atoms with Crippen molar-refractivity contribution in [3.63, 3.8) is 0 Å². The van der Waals surface area contributed by atoms with Crippen molar-refractivity contribution in [3.05, 3.63) is 28.7 Å². The third-order valence-corrected chi connectivity index (χ3v) is 3.78. The molecule has 7 nitrogen and oxygen atoms in total. The van der Waals surface area contributed by atoms with Crippen LogP contribution in [0.15, 0.2) is 6.20 Å².